The van der Waals surface area contributed by atoms with Crippen molar-refractivity contribution in [2.45, 2.75) is 26.7 Å². The summed E-state index contributed by atoms with van der Waals surface area (Å²) in [5.41, 5.74) is 3.31. The molecule has 0 aliphatic heterocycles. The van der Waals surface area contributed by atoms with Gasteiger partial charge in [0.25, 0.3) is 5.56 Å². The Kier molecular flexibility index (Phi) is 4.63. The number of halogens is 2. The Hall–Kier alpha value is 0.160. The van der Waals surface area contributed by atoms with Crippen molar-refractivity contribution >= 4 is 38.5 Å². The molecule has 14 heavy (non-hydrogen) atoms. The molecule has 0 amide bonds. The fourth-order valence-electron chi connectivity index (χ4n) is 1.39. The molecular weight excluding hydrogens is 357 g/mol. The number of alkyl halides is 1. The first-order valence-electron chi connectivity index (χ1n) is 4.51. The van der Waals surface area contributed by atoms with Crippen molar-refractivity contribution in [1.82, 2.24) is 4.98 Å². The van der Waals surface area contributed by atoms with E-state index in [1.807, 2.05) is 6.92 Å². The van der Waals surface area contributed by atoms with Gasteiger partial charge in [0, 0.05) is 5.69 Å². The van der Waals surface area contributed by atoms with Crippen LogP contribution in [0, 0.1) is 13.8 Å². The quantitative estimate of drug-likeness (QED) is 0.644. The first kappa shape index (κ1) is 12.2. The van der Waals surface area contributed by atoms with Gasteiger partial charge in [-0.05, 0) is 58.2 Å². The van der Waals surface area contributed by atoms with Crippen LogP contribution in [0.5, 0.6) is 0 Å². The largest absolute Gasteiger partial charge is 0.325 e. The molecule has 1 heterocycles. The predicted octanol–water partition coefficient (Wildman–Crippen LogP) is 3.12. The minimum absolute atomic E-state index is 0.0171. The molecule has 2 nitrogen and oxygen atoms in total. The van der Waals surface area contributed by atoms with Crippen LogP contribution in [0.3, 0.4) is 0 Å². The minimum atomic E-state index is -0.0171. The molecular formula is C10H13BrINO. The summed E-state index contributed by atoms with van der Waals surface area (Å²) in [7, 11) is 0. The molecule has 0 saturated heterocycles. The lowest BCUT2D eigenvalue weighted by Crippen LogP contribution is -2.13. The van der Waals surface area contributed by atoms with E-state index >= 15 is 0 Å². The first-order chi connectivity index (χ1) is 6.57. The highest BCUT2D eigenvalue weighted by Gasteiger charge is 2.09. The van der Waals surface area contributed by atoms with E-state index in [1.54, 1.807) is 0 Å². The molecule has 1 N–H and O–H groups in total. The standard InChI is InChI=1S/C10H13BrINO/c1-6-7(2)13-10(14)9(11)8(6)4-3-5-12/h3-5H2,1-2H3,(H,13,14). The van der Waals surface area contributed by atoms with Gasteiger partial charge in [0.05, 0.1) is 4.47 Å². The van der Waals surface area contributed by atoms with Crippen LogP contribution in [0.2, 0.25) is 0 Å². The summed E-state index contributed by atoms with van der Waals surface area (Å²) in [5.74, 6) is 0. The highest BCUT2D eigenvalue weighted by molar-refractivity contribution is 14.1. The van der Waals surface area contributed by atoms with Gasteiger partial charge in [-0.2, -0.15) is 0 Å². The SMILES string of the molecule is Cc1[nH]c(=O)c(Br)c(CCCI)c1C. The van der Waals surface area contributed by atoms with E-state index in [0.717, 1.165) is 28.5 Å². The van der Waals surface area contributed by atoms with Crippen LogP contribution in [0.15, 0.2) is 9.27 Å². The highest BCUT2D eigenvalue weighted by Crippen LogP contribution is 2.19. The van der Waals surface area contributed by atoms with Gasteiger partial charge in [0.15, 0.2) is 0 Å². The minimum Gasteiger partial charge on any atom is -0.325 e. The number of nitrogens with one attached hydrogen (secondary N) is 1. The second-order valence-corrected chi connectivity index (χ2v) is 5.16. The van der Waals surface area contributed by atoms with E-state index in [-0.39, 0.29) is 5.56 Å². The van der Waals surface area contributed by atoms with Gasteiger partial charge >= 0.3 is 0 Å². The number of hydrogen-bond donors (Lipinski definition) is 1. The second-order valence-electron chi connectivity index (χ2n) is 3.29. The van der Waals surface area contributed by atoms with Gasteiger partial charge in [-0.3, -0.25) is 4.79 Å². The summed E-state index contributed by atoms with van der Waals surface area (Å²) in [5, 5.41) is 0. The summed E-state index contributed by atoms with van der Waals surface area (Å²) in [6.07, 6.45) is 2.09. The van der Waals surface area contributed by atoms with Crippen molar-refractivity contribution < 1.29 is 0 Å². The molecule has 78 valence electrons. The molecule has 4 heteroatoms. The van der Waals surface area contributed by atoms with E-state index in [0.29, 0.717) is 4.47 Å². The average molecular weight is 370 g/mol. The van der Waals surface area contributed by atoms with Crippen LogP contribution in [-0.2, 0) is 6.42 Å². The van der Waals surface area contributed by atoms with Gasteiger partial charge in [-0.15, -0.1) is 0 Å². The van der Waals surface area contributed by atoms with Gasteiger partial charge in [0.1, 0.15) is 0 Å². The van der Waals surface area contributed by atoms with Crippen molar-refractivity contribution in [2.24, 2.45) is 0 Å². The maximum atomic E-state index is 11.5. The molecule has 0 unspecified atom stereocenters. The second kappa shape index (κ2) is 5.30. The lowest BCUT2D eigenvalue weighted by molar-refractivity contribution is 0.905. The van der Waals surface area contributed by atoms with Crippen LogP contribution < -0.4 is 5.56 Å². The normalized spacial score (nSPS) is 10.6. The highest BCUT2D eigenvalue weighted by atomic mass is 127. The smallest absolute Gasteiger partial charge is 0.262 e. The average Bonchev–Trinajstić information content (AvgIpc) is 2.15. The Bertz CT molecular complexity index is 386. The Morgan fingerprint density at radius 1 is 1.43 bits per heavy atom. The Labute approximate surface area is 106 Å². The zero-order valence-electron chi connectivity index (χ0n) is 8.29. The van der Waals surface area contributed by atoms with Gasteiger partial charge in [0.2, 0.25) is 0 Å². The number of aryl methyl sites for hydroxylation is 1. The van der Waals surface area contributed by atoms with Crippen molar-refractivity contribution in [3.63, 3.8) is 0 Å². The third kappa shape index (κ3) is 2.59. The predicted molar refractivity (Wildman–Crippen MR) is 71.4 cm³/mol. The maximum absolute atomic E-state index is 11.5. The monoisotopic (exact) mass is 369 g/mol. The van der Waals surface area contributed by atoms with Crippen LogP contribution in [-0.4, -0.2) is 9.41 Å². The Balaban J connectivity index is 3.18. The lowest BCUT2D eigenvalue weighted by atomic mass is 10.0. The van der Waals surface area contributed by atoms with Crippen LogP contribution in [0.25, 0.3) is 0 Å². The number of hydrogen-bond acceptors (Lipinski definition) is 1. The Morgan fingerprint density at radius 2 is 2.07 bits per heavy atom. The summed E-state index contributed by atoms with van der Waals surface area (Å²) in [6, 6.07) is 0. The molecule has 0 bridgehead atoms. The van der Waals surface area contributed by atoms with Crippen molar-refractivity contribution in [2.75, 3.05) is 4.43 Å². The fourth-order valence-corrected chi connectivity index (χ4v) is 2.36. The molecule has 1 aromatic rings. The van der Waals surface area contributed by atoms with Crippen LogP contribution >= 0.6 is 38.5 Å². The summed E-state index contributed by atoms with van der Waals surface area (Å²) >= 11 is 5.70. The number of rotatable bonds is 3. The molecule has 0 fully saturated rings. The third-order valence-corrected chi connectivity index (χ3v) is 3.94. The van der Waals surface area contributed by atoms with E-state index in [9.17, 15) is 4.79 Å². The topological polar surface area (TPSA) is 32.9 Å². The molecule has 1 aromatic heterocycles. The van der Waals surface area contributed by atoms with Gasteiger partial charge in [-0.1, -0.05) is 22.6 Å². The molecule has 0 spiro atoms. The van der Waals surface area contributed by atoms with E-state index in [4.69, 9.17) is 0 Å². The van der Waals surface area contributed by atoms with Gasteiger partial charge < -0.3 is 4.98 Å². The summed E-state index contributed by atoms with van der Waals surface area (Å²) in [6.45, 7) is 4.00. The molecule has 0 atom stereocenters. The van der Waals surface area contributed by atoms with E-state index in [2.05, 4.69) is 50.4 Å². The molecule has 0 saturated carbocycles. The molecule has 0 aromatic carbocycles. The first-order valence-corrected chi connectivity index (χ1v) is 6.83. The lowest BCUT2D eigenvalue weighted by Gasteiger charge is -2.09. The number of pyridine rings is 1. The van der Waals surface area contributed by atoms with Crippen molar-refractivity contribution in [3.05, 3.63) is 31.6 Å². The fraction of sp³-hybridized carbons (Fsp3) is 0.500. The molecule has 0 radical (unpaired) electrons. The van der Waals surface area contributed by atoms with E-state index in [1.165, 1.54) is 5.56 Å². The molecule has 0 aliphatic carbocycles. The van der Waals surface area contributed by atoms with Crippen molar-refractivity contribution in [3.8, 4) is 0 Å². The van der Waals surface area contributed by atoms with Gasteiger partial charge in [-0.25, -0.2) is 0 Å². The number of aromatic nitrogens is 1. The Morgan fingerprint density at radius 3 is 2.64 bits per heavy atom. The summed E-state index contributed by atoms with van der Waals surface area (Å²) < 4.78 is 1.82. The third-order valence-electron chi connectivity index (χ3n) is 2.34. The molecule has 0 aliphatic rings. The number of aromatic amines is 1. The molecule has 1 rings (SSSR count). The maximum Gasteiger partial charge on any atom is 0.262 e. The summed E-state index contributed by atoms with van der Waals surface area (Å²) in [4.78, 5) is 14.3. The zero-order valence-corrected chi connectivity index (χ0v) is 12.0. The van der Waals surface area contributed by atoms with Crippen LogP contribution in [0.1, 0.15) is 23.2 Å². The van der Waals surface area contributed by atoms with Crippen LogP contribution in [0.4, 0.5) is 0 Å². The zero-order chi connectivity index (χ0) is 10.7. The van der Waals surface area contributed by atoms with E-state index < -0.39 is 0 Å². The van der Waals surface area contributed by atoms with Crippen molar-refractivity contribution in [1.29, 1.82) is 0 Å². The number of H-pyrrole nitrogens is 1.